The van der Waals surface area contributed by atoms with E-state index in [1.165, 1.54) is 4.57 Å². The Morgan fingerprint density at radius 1 is 1.25 bits per heavy atom. The van der Waals surface area contributed by atoms with Crippen molar-refractivity contribution in [3.05, 3.63) is 45.0 Å². The van der Waals surface area contributed by atoms with E-state index in [0.717, 1.165) is 28.2 Å². The lowest BCUT2D eigenvalue weighted by atomic mass is 10.1. The fourth-order valence-corrected chi connectivity index (χ4v) is 4.16. The monoisotopic (exact) mass is 424 g/mol. The van der Waals surface area contributed by atoms with E-state index in [2.05, 4.69) is 0 Å². The van der Waals surface area contributed by atoms with Crippen LogP contribution >= 0.6 is 22.9 Å². The van der Waals surface area contributed by atoms with Crippen molar-refractivity contribution in [1.82, 2.24) is 9.47 Å². The van der Waals surface area contributed by atoms with Gasteiger partial charge in [0, 0.05) is 43.1 Å². The molecule has 1 aromatic carbocycles. The standard InChI is InChI=1S/C18H17ClN2O6S/c19-11-1-2-13-14(9-11)28-18(26)21(13)10-15(22)20-7-5-12(6-8-20)27-17(25)4-3-16(23)24/h1-4,9,12H,5-8,10H2,(H,23,24)/b4-3+. The molecule has 1 aliphatic heterocycles. The van der Waals surface area contributed by atoms with Crippen molar-refractivity contribution in [2.24, 2.45) is 0 Å². The van der Waals surface area contributed by atoms with Crippen molar-refractivity contribution >= 4 is 51.0 Å². The highest BCUT2D eigenvalue weighted by Crippen LogP contribution is 2.22. The van der Waals surface area contributed by atoms with Crippen LogP contribution in [0.15, 0.2) is 35.1 Å². The van der Waals surface area contributed by atoms with Gasteiger partial charge in [0.1, 0.15) is 12.6 Å². The first-order chi connectivity index (χ1) is 13.3. The Hall–Kier alpha value is -2.65. The molecule has 1 aromatic heterocycles. The van der Waals surface area contributed by atoms with Gasteiger partial charge in [0.05, 0.1) is 10.2 Å². The summed E-state index contributed by atoms with van der Waals surface area (Å²) in [5.74, 6) is -2.13. The molecule has 148 valence electrons. The third-order valence-corrected chi connectivity index (χ3v) is 5.54. The number of fused-ring (bicyclic) bond motifs is 1. The van der Waals surface area contributed by atoms with Crippen molar-refractivity contribution in [2.75, 3.05) is 13.1 Å². The molecule has 28 heavy (non-hydrogen) atoms. The summed E-state index contributed by atoms with van der Waals surface area (Å²) in [5, 5.41) is 9.03. The normalized spacial score (nSPS) is 15.2. The number of esters is 1. The van der Waals surface area contributed by atoms with E-state index in [4.69, 9.17) is 21.4 Å². The summed E-state index contributed by atoms with van der Waals surface area (Å²) in [6.07, 6.45) is 2.11. The van der Waals surface area contributed by atoms with Gasteiger partial charge in [0.15, 0.2) is 0 Å². The van der Waals surface area contributed by atoms with Gasteiger partial charge in [-0.15, -0.1) is 0 Å². The van der Waals surface area contributed by atoms with Gasteiger partial charge in [-0.25, -0.2) is 9.59 Å². The van der Waals surface area contributed by atoms with Gasteiger partial charge in [-0.05, 0) is 18.2 Å². The molecule has 0 aliphatic carbocycles. The van der Waals surface area contributed by atoms with Crippen LogP contribution in [0.1, 0.15) is 12.8 Å². The number of piperidine rings is 1. The second-order valence-electron chi connectivity index (χ2n) is 6.25. The van der Waals surface area contributed by atoms with Crippen LogP contribution < -0.4 is 4.87 Å². The molecule has 0 unspecified atom stereocenters. The van der Waals surface area contributed by atoms with Crippen LogP contribution in [0.5, 0.6) is 0 Å². The SMILES string of the molecule is O=C(O)/C=C/C(=O)OC1CCN(C(=O)Cn2c(=O)sc3cc(Cl)ccc32)CC1. The smallest absolute Gasteiger partial charge is 0.331 e. The van der Waals surface area contributed by atoms with Gasteiger partial charge in [-0.2, -0.15) is 0 Å². The number of hydrogen-bond donors (Lipinski definition) is 1. The minimum Gasteiger partial charge on any atom is -0.478 e. The number of amides is 1. The van der Waals surface area contributed by atoms with Gasteiger partial charge in [0.2, 0.25) is 5.91 Å². The Labute approximate surface area is 168 Å². The first-order valence-corrected chi connectivity index (χ1v) is 9.71. The highest BCUT2D eigenvalue weighted by atomic mass is 35.5. The summed E-state index contributed by atoms with van der Waals surface area (Å²) in [5.41, 5.74) is 0.668. The van der Waals surface area contributed by atoms with E-state index in [1.807, 2.05) is 0 Å². The number of likely N-dealkylation sites (tertiary alicyclic amines) is 1. The molecule has 1 amide bonds. The van der Waals surface area contributed by atoms with Crippen LogP contribution in [-0.4, -0.2) is 51.6 Å². The van der Waals surface area contributed by atoms with E-state index in [9.17, 15) is 19.2 Å². The Kier molecular flexibility index (Phi) is 6.15. The molecule has 3 rings (SSSR count). The van der Waals surface area contributed by atoms with E-state index in [-0.39, 0.29) is 23.4 Å². The van der Waals surface area contributed by atoms with Gasteiger partial charge < -0.3 is 14.7 Å². The van der Waals surface area contributed by atoms with Crippen LogP contribution in [0.2, 0.25) is 5.02 Å². The van der Waals surface area contributed by atoms with E-state index >= 15 is 0 Å². The average Bonchev–Trinajstić information content (AvgIpc) is 2.95. The lowest BCUT2D eigenvalue weighted by molar-refractivity contribution is -0.147. The predicted octanol–water partition coefficient (Wildman–Crippen LogP) is 1.89. The van der Waals surface area contributed by atoms with Gasteiger partial charge in [-0.3, -0.25) is 14.2 Å². The molecule has 1 saturated heterocycles. The van der Waals surface area contributed by atoms with Crippen molar-refractivity contribution < 1.29 is 24.2 Å². The molecule has 1 aliphatic rings. The fraction of sp³-hybridized carbons (Fsp3) is 0.333. The number of carbonyl (C=O) groups is 3. The molecular formula is C18H17ClN2O6S. The molecule has 0 saturated carbocycles. The Bertz CT molecular complexity index is 1000. The van der Waals surface area contributed by atoms with Gasteiger partial charge in [-0.1, -0.05) is 22.9 Å². The highest BCUT2D eigenvalue weighted by molar-refractivity contribution is 7.16. The molecule has 2 aromatic rings. The number of thiazole rings is 1. The molecule has 0 radical (unpaired) electrons. The van der Waals surface area contributed by atoms with Gasteiger partial charge >= 0.3 is 16.8 Å². The first kappa shape index (κ1) is 20.1. The summed E-state index contributed by atoms with van der Waals surface area (Å²) in [7, 11) is 0. The Morgan fingerprint density at radius 3 is 2.64 bits per heavy atom. The minimum absolute atomic E-state index is 0.0632. The average molecular weight is 425 g/mol. The summed E-state index contributed by atoms with van der Waals surface area (Å²) in [6, 6.07) is 5.09. The van der Waals surface area contributed by atoms with E-state index < -0.39 is 11.9 Å². The number of carboxylic acids is 1. The van der Waals surface area contributed by atoms with E-state index in [0.29, 0.717) is 36.5 Å². The van der Waals surface area contributed by atoms with Crippen LogP contribution in [0.25, 0.3) is 10.2 Å². The molecule has 8 nitrogen and oxygen atoms in total. The number of halogens is 1. The number of aromatic nitrogens is 1. The van der Waals surface area contributed by atoms with Crippen molar-refractivity contribution in [2.45, 2.75) is 25.5 Å². The maximum absolute atomic E-state index is 12.6. The second-order valence-corrected chi connectivity index (χ2v) is 7.68. The minimum atomic E-state index is -1.23. The highest BCUT2D eigenvalue weighted by Gasteiger charge is 2.25. The van der Waals surface area contributed by atoms with Crippen molar-refractivity contribution in [3.63, 3.8) is 0 Å². The maximum atomic E-state index is 12.6. The topological polar surface area (TPSA) is 106 Å². The molecule has 1 fully saturated rings. The molecule has 10 heteroatoms. The summed E-state index contributed by atoms with van der Waals surface area (Å²) >= 11 is 6.99. The lowest BCUT2D eigenvalue weighted by Crippen LogP contribution is -2.43. The van der Waals surface area contributed by atoms with Crippen LogP contribution in [0, 0.1) is 0 Å². The molecular weight excluding hydrogens is 408 g/mol. The number of ether oxygens (including phenoxy) is 1. The Balaban J connectivity index is 1.57. The molecule has 2 heterocycles. The molecule has 0 atom stereocenters. The largest absolute Gasteiger partial charge is 0.478 e. The fourth-order valence-electron chi connectivity index (χ4n) is 2.99. The zero-order valence-electron chi connectivity index (χ0n) is 14.7. The number of rotatable bonds is 5. The number of benzene rings is 1. The van der Waals surface area contributed by atoms with E-state index in [1.54, 1.807) is 23.1 Å². The first-order valence-electron chi connectivity index (χ1n) is 8.52. The zero-order chi connectivity index (χ0) is 20.3. The summed E-state index contributed by atoms with van der Waals surface area (Å²) in [4.78, 5) is 48.1. The third-order valence-electron chi connectivity index (χ3n) is 4.36. The number of nitrogens with zero attached hydrogens (tertiary/aromatic N) is 2. The predicted molar refractivity (Wildman–Crippen MR) is 104 cm³/mol. The third kappa shape index (κ3) is 4.79. The van der Waals surface area contributed by atoms with Crippen LogP contribution in [-0.2, 0) is 25.7 Å². The summed E-state index contributed by atoms with van der Waals surface area (Å²) < 4.78 is 7.33. The zero-order valence-corrected chi connectivity index (χ0v) is 16.2. The van der Waals surface area contributed by atoms with Crippen LogP contribution in [0.3, 0.4) is 0 Å². The number of carboxylic acid groups (broad SMARTS) is 1. The number of aliphatic carboxylic acids is 1. The Morgan fingerprint density at radius 2 is 1.96 bits per heavy atom. The number of carbonyl (C=O) groups excluding carboxylic acids is 2. The van der Waals surface area contributed by atoms with Crippen LogP contribution in [0.4, 0.5) is 0 Å². The quantitative estimate of drug-likeness (QED) is 0.580. The molecule has 0 spiro atoms. The number of hydrogen-bond acceptors (Lipinski definition) is 6. The molecule has 1 N–H and O–H groups in total. The maximum Gasteiger partial charge on any atom is 0.331 e. The van der Waals surface area contributed by atoms with Crippen molar-refractivity contribution in [1.29, 1.82) is 0 Å². The second kappa shape index (κ2) is 8.57. The molecule has 0 bridgehead atoms. The van der Waals surface area contributed by atoms with Gasteiger partial charge in [0.25, 0.3) is 0 Å². The summed E-state index contributed by atoms with van der Waals surface area (Å²) in [6.45, 7) is 0.719. The van der Waals surface area contributed by atoms with Crippen molar-refractivity contribution in [3.8, 4) is 0 Å². The lowest BCUT2D eigenvalue weighted by Gasteiger charge is -2.31.